The second-order valence-corrected chi connectivity index (χ2v) is 3.45. The number of nitrogen functional groups attached to an aromatic ring is 1. The molecule has 1 amide bonds. The van der Waals surface area contributed by atoms with Crippen molar-refractivity contribution in [1.29, 1.82) is 0 Å². The number of aromatic amines is 1. The SMILES string of the molecule is Cn1ncc(CNC(=O)c2ccc[nH]2)c1N. The number of aromatic nitrogens is 3. The van der Waals surface area contributed by atoms with Gasteiger partial charge in [-0.3, -0.25) is 9.48 Å². The van der Waals surface area contributed by atoms with Gasteiger partial charge >= 0.3 is 0 Å². The van der Waals surface area contributed by atoms with Crippen LogP contribution in [0.25, 0.3) is 0 Å². The molecule has 4 N–H and O–H groups in total. The highest BCUT2D eigenvalue weighted by molar-refractivity contribution is 5.92. The first kappa shape index (κ1) is 10.3. The maximum absolute atomic E-state index is 11.6. The van der Waals surface area contributed by atoms with E-state index in [-0.39, 0.29) is 5.91 Å². The Morgan fingerprint density at radius 1 is 1.69 bits per heavy atom. The molecule has 0 saturated carbocycles. The van der Waals surface area contributed by atoms with Gasteiger partial charge < -0.3 is 16.0 Å². The fraction of sp³-hybridized carbons (Fsp3) is 0.200. The Hall–Kier alpha value is -2.24. The molecular formula is C10H13N5O. The predicted octanol–water partition coefficient (Wildman–Crippen LogP) is 0.260. The number of aryl methyl sites for hydroxylation is 1. The number of anilines is 1. The van der Waals surface area contributed by atoms with Crippen LogP contribution in [0.5, 0.6) is 0 Å². The van der Waals surface area contributed by atoms with Gasteiger partial charge in [-0.25, -0.2) is 0 Å². The zero-order chi connectivity index (χ0) is 11.5. The van der Waals surface area contributed by atoms with Crippen LogP contribution in [0.4, 0.5) is 5.82 Å². The van der Waals surface area contributed by atoms with Crippen LogP contribution < -0.4 is 11.1 Å². The maximum Gasteiger partial charge on any atom is 0.267 e. The van der Waals surface area contributed by atoms with Crippen LogP contribution in [0.2, 0.25) is 0 Å². The quantitative estimate of drug-likeness (QED) is 0.691. The second kappa shape index (κ2) is 4.09. The number of nitrogens with one attached hydrogen (secondary N) is 2. The Morgan fingerprint density at radius 3 is 3.06 bits per heavy atom. The molecule has 0 aliphatic rings. The van der Waals surface area contributed by atoms with Crippen LogP contribution in [0.3, 0.4) is 0 Å². The van der Waals surface area contributed by atoms with Gasteiger partial charge in [0, 0.05) is 25.4 Å². The highest BCUT2D eigenvalue weighted by Gasteiger charge is 2.08. The average molecular weight is 219 g/mol. The van der Waals surface area contributed by atoms with E-state index in [1.807, 2.05) is 0 Å². The Morgan fingerprint density at radius 2 is 2.50 bits per heavy atom. The van der Waals surface area contributed by atoms with Crippen molar-refractivity contribution >= 4 is 11.7 Å². The van der Waals surface area contributed by atoms with E-state index in [2.05, 4.69) is 15.4 Å². The van der Waals surface area contributed by atoms with Crippen molar-refractivity contribution in [3.05, 3.63) is 35.8 Å². The number of nitrogens with zero attached hydrogens (tertiary/aromatic N) is 2. The van der Waals surface area contributed by atoms with Crippen molar-refractivity contribution in [3.8, 4) is 0 Å². The highest BCUT2D eigenvalue weighted by atomic mass is 16.1. The Labute approximate surface area is 92.5 Å². The molecule has 2 aromatic rings. The fourth-order valence-electron chi connectivity index (χ4n) is 1.37. The largest absolute Gasteiger partial charge is 0.384 e. The van der Waals surface area contributed by atoms with Gasteiger partial charge in [-0.15, -0.1) is 0 Å². The zero-order valence-corrected chi connectivity index (χ0v) is 8.90. The summed E-state index contributed by atoms with van der Waals surface area (Å²) in [5.74, 6) is 0.403. The lowest BCUT2D eigenvalue weighted by molar-refractivity contribution is 0.0946. The number of rotatable bonds is 3. The van der Waals surface area contributed by atoms with Gasteiger partial charge in [-0.05, 0) is 12.1 Å². The van der Waals surface area contributed by atoms with E-state index < -0.39 is 0 Å². The molecule has 16 heavy (non-hydrogen) atoms. The molecule has 6 heteroatoms. The maximum atomic E-state index is 11.6. The van der Waals surface area contributed by atoms with Crippen molar-refractivity contribution in [2.24, 2.45) is 7.05 Å². The van der Waals surface area contributed by atoms with Gasteiger partial charge in [-0.2, -0.15) is 5.10 Å². The van der Waals surface area contributed by atoms with E-state index in [0.29, 0.717) is 18.1 Å². The standard InChI is InChI=1S/C10H13N5O/c1-15-9(11)7(6-14-15)5-13-10(16)8-3-2-4-12-8/h2-4,6,12H,5,11H2,1H3,(H,13,16). The van der Waals surface area contributed by atoms with Gasteiger partial charge in [0.05, 0.1) is 6.20 Å². The number of hydrogen-bond donors (Lipinski definition) is 3. The van der Waals surface area contributed by atoms with Gasteiger partial charge in [0.2, 0.25) is 0 Å². The molecule has 0 spiro atoms. The molecule has 0 saturated heterocycles. The van der Waals surface area contributed by atoms with Crippen LogP contribution in [0, 0.1) is 0 Å². The lowest BCUT2D eigenvalue weighted by atomic mass is 10.3. The highest BCUT2D eigenvalue weighted by Crippen LogP contribution is 2.08. The third-order valence-corrected chi connectivity index (χ3v) is 2.35. The first-order valence-electron chi connectivity index (χ1n) is 4.86. The summed E-state index contributed by atoms with van der Waals surface area (Å²) in [4.78, 5) is 14.4. The first-order chi connectivity index (χ1) is 7.68. The third kappa shape index (κ3) is 1.90. The first-order valence-corrected chi connectivity index (χ1v) is 4.86. The molecule has 0 atom stereocenters. The number of nitrogens with two attached hydrogens (primary N) is 1. The lowest BCUT2D eigenvalue weighted by Gasteiger charge is -2.03. The molecule has 0 bridgehead atoms. The predicted molar refractivity (Wildman–Crippen MR) is 59.6 cm³/mol. The van der Waals surface area contributed by atoms with Crippen molar-refractivity contribution in [2.75, 3.05) is 5.73 Å². The summed E-state index contributed by atoms with van der Waals surface area (Å²) in [5, 5.41) is 6.74. The molecule has 6 nitrogen and oxygen atoms in total. The molecule has 0 radical (unpaired) electrons. The van der Waals surface area contributed by atoms with Crippen LogP contribution in [0.15, 0.2) is 24.5 Å². The van der Waals surface area contributed by atoms with E-state index in [1.54, 1.807) is 36.3 Å². The third-order valence-electron chi connectivity index (χ3n) is 2.35. The number of carbonyl (C=O) groups is 1. The van der Waals surface area contributed by atoms with Gasteiger partial charge in [0.15, 0.2) is 0 Å². The molecule has 2 aromatic heterocycles. The summed E-state index contributed by atoms with van der Waals surface area (Å²) in [5.41, 5.74) is 7.09. The summed E-state index contributed by atoms with van der Waals surface area (Å²) >= 11 is 0. The Bertz CT molecular complexity index is 485. The molecule has 0 aliphatic carbocycles. The molecule has 0 unspecified atom stereocenters. The summed E-state index contributed by atoms with van der Waals surface area (Å²) in [7, 11) is 1.76. The minimum atomic E-state index is -0.159. The van der Waals surface area contributed by atoms with E-state index in [9.17, 15) is 4.79 Å². The molecule has 2 heterocycles. The van der Waals surface area contributed by atoms with Crippen LogP contribution in [-0.4, -0.2) is 20.7 Å². The minimum Gasteiger partial charge on any atom is -0.384 e. The summed E-state index contributed by atoms with van der Waals surface area (Å²) in [6, 6.07) is 3.48. The van der Waals surface area contributed by atoms with Crippen molar-refractivity contribution in [1.82, 2.24) is 20.1 Å². The van der Waals surface area contributed by atoms with Crippen molar-refractivity contribution in [2.45, 2.75) is 6.54 Å². The molecule has 84 valence electrons. The zero-order valence-electron chi connectivity index (χ0n) is 8.90. The van der Waals surface area contributed by atoms with Crippen LogP contribution in [0.1, 0.15) is 16.1 Å². The smallest absolute Gasteiger partial charge is 0.267 e. The average Bonchev–Trinajstić information content (AvgIpc) is 2.89. The molecule has 0 aromatic carbocycles. The van der Waals surface area contributed by atoms with Gasteiger partial charge in [0.1, 0.15) is 11.5 Å². The molecule has 2 rings (SSSR count). The summed E-state index contributed by atoms with van der Waals surface area (Å²) in [6.45, 7) is 0.373. The summed E-state index contributed by atoms with van der Waals surface area (Å²) < 4.78 is 1.57. The van der Waals surface area contributed by atoms with Crippen molar-refractivity contribution < 1.29 is 4.79 Å². The Kier molecular flexibility index (Phi) is 2.63. The fourth-order valence-corrected chi connectivity index (χ4v) is 1.37. The van der Waals surface area contributed by atoms with Gasteiger partial charge in [-0.1, -0.05) is 0 Å². The number of amides is 1. The lowest BCUT2D eigenvalue weighted by Crippen LogP contribution is -2.23. The Balaban J connectivity index is 1.98. The number of H-pyrrole nitrogens is 1. The second-order valence-electron chi connectivity index (χ2n) is 3.45. The monoisotopic (exact) mass is 219 g/mol. The molecule has 0 fully saturated rings. The molecular weight excluding hydrogens is 206 g/mol. The van der Waals surface area contributed by atoms with E-state index >= 15 is 0 Å². The normalized spacial score (nSPS) is 10.3. The van der Waals surface area contributed by atoms with E-state index in [0.717, 1.165) is 5.56 Å². The summed E-state index contributed by atoms with van der Waals surface area (Å²) in [6.07, 6.45) is 3.34. The van der Waals surface area contributed by atoms with Crippen LogP contribution in [-0.2, 0) is 13.6 Å². The number of hydrogen-bond acceptors (Lipinski definition) is 3. The van der Waals surface area contributed by atoms with Crippen LogP contribution >= 0.6 is 0 Å². The van der Waals surface area contributed by atoms with E-state index in [4.69, 9.17) is 5.73 Å². The van der Waals surface area contributed by atoms with E-state index in [1.165, 1.54) is 0 Å². The minimum absolute atomic E-state index is 0.159. The number of carbonyl (C=O) groups excluding carboxylic acids is 1. The topological polar surface area (TPSA) is 88.7 Å². The van der Waals surface area contributed by atoms with Crippen molar-refractivity contribution in [3.63, 3.8) is 0 Å². The molecule has 0 aliphatic heterocycles. The van der Waals surface area contributed by atoms with Gasteiger partial charge in [0.25, 0.3) is 5.91 Å².